The third-order valence-corrected chi connectivity index (χ3v) is 4.39. The molecule has 0 spiro atoms. The van der Waals surface area contributed by atoms with Gasteiger partial charge in [-0.2, -0.15) is 11.3 Å². The fraction of sp³-hybridized carbons (Fsp3) is 0.294. The lowest BCUT2D eigenvalue weighted by molar-refractivity contribution is 0.0735. The number of rotatable bonds is 7. The van der Waals surface area contributed by atoms with Crippen molar-refractivity contribution >= 4 is 17.2 Å². The molecule has 0 unspecified atom stereocenters. The SMILES string of the molecule is CCCCN(Cc1ccsc1)C(=O)c1cccc(-n2cnnc2)n1. The highest BCUT2D eigenvalue weighted by atomic mass is 32.1. The van der Waals surface area contributed by atoms with Crippen molar-refractivity contribution in [3.63, 3.8) is 0 Å². The Morgan fingerprint density at radius 3 is 2.79 bits per heavy atom. The maximum absolute atomic E-state index is 12.9. The summed E-state index contributed by atoms with van der Waals surface area (Å²) in [7, 11) is 0. The fourth-order valence-electron chi connectivity index (χ4n) is 2.37. The number of hydrogen-bond acceptors (Lipinski definition) is 5. The molecule has 3 aromatic rings. The van der Waals surface area contributed by atoms with E-state index in [1.807, 2.05) is 22.4 Å². The monoisotopic (exact) mass is 341 g/mol. The van der Waals surface area contributed by atoms with Crippen LogP contribution in [0, 0.1) is 0 Å². The maximum Gasteiger partial charge on any atom is 0.272 e. The topological polar surface area (TPSA) is 63.9 Å². The summed E-state index contributed by atoms with van der Waals surface area (Å²) in [5.41, 5.74) is 1.59. The Bertz CT molecular complexity index is 770. The first kappa shape index (κ1) is 16.3. The predicted molar refractivity (Wildman–Crippen MR) is 93.1 cm³/mol. The number of carbonyl (C=O) groups is 1. The minimum absolute atomic E-state index is 0.0513. The molecule has 0 bridgehead atoms. The lowest BCUT2D eigenvalue weighted by Crippen LogP contribution is -2.32. The van der Waals surface area contributed by atoms with E-state index in [9.17, 15) is 4.79 Å². The third-order valence-electron chi connectivity index (χ3n) is 3.66. The molecule has 3 heterocycles. The minimum atomic E-state index is -0.0513. The van der Waals surface area contributed by atoms with Gasteiger partial charge < -0.3 is 4.90 Å². The van der Waals surface area contributed by atoms with Gasteiger partial charge in [-0.25, -0.2) is 4.98 Å². The van der Waals surface area contributed by atoms with Gasteiger partial charge in [0.15, 0.2) is 0 Å². The molecular weight excluding hydrogens is 322 g/mol. The number of aromatic nitrogens is 4. The highest BCUT2D eigenvalue weighted by Gasteiger charge is 2.18. The molecule has 7 heteroatoms. The Hall–Kier alpha value is -2.54. The maximum atomic E-state index is 12.9. The predicted octanol–water partition coefficient (Wildman–Crippen LogP) is 3.17. The molecule has 0 N–H and O–H groups in total. The van der Waals surface area contributed by atoms with Crippen molar-refractivity contribution in [2.75, 3.05) is 6.54 Å². The van der Waals surface area contributed by atoms with E-state index in [0.29, 0.717) is 18.1 Å². The third kappa shape index (κ3) is 3.86. The zero-order valence-electron chi connectivity index (χ0n) is 13.5. The van der Waals surface area contributed by atoms with Gasteiger partial charge in [0.2, 0.25) is 0 Å². The van der Waals surface area contributed by atoms with Gasteiger partial charge in [-0.1, -0.05) is 19.4 Å². The van der Waals surface area contributed by atoms with Crippen molar-refractivity contribution in [2.45, 2.75) is 26.3 Å². The Labute approximate surface area is 144 Å². The summed E-state index contributed by atoms with van der Waals surface area (Å²) in [6.07, 6.45) is 5.15. The Balaban J connectivity index is 1.82. The van der Waals surface area contributed by atoms with Gasteiger partial charge in [0.25, 0.3) is 5.91 Å². The number of carbonyl (C=O) groups excluding carboxylic acids is 1. The first-order valence-corrected chi connectivity index (χ1v) is 8.84. The van der Waals surface area contributed by atoms with E-state index in [0.717, 1.165) is 24.9 Å². The summed E-state index contributed by atoms with van der Waals surface area (Å²) in [5.74, 6) is 0.585. The molecule has 24 heavy (non-hydrogen) atoms. The lowest BCUT2D eigenvalue weighted by Gasteiger charge is -2.22. The van der Waals surface area contributed by atoms with Crippen molar-refractivity contribution in [3.8, 4) is 5.82 Å². The van der Waals surface area contributed by atoms with Crippen LogP contribution >= 0.6 is 11.3 Å². The highest BCUT2D eigenvalue weighted by Crippen LogP contribution is 2.14. The van der Waals surface area contributed by atoms with Crippen LogP contribution in [0.15, 0.2) is 47.7 Å². The first-order valence-electron chi connectivity index (χ1n) is 7.90. The van der Waals surface area contributed by atoms with Gasteiger partial charge in [-0.15, -0.1) is 10.2 Å². The standard InChI is InChI=1S/C17H19N5OS/c1-2-3-8-21(10-14-7-9-24-11-14)17(23)15-5-4-6-16(20-15)22-12-18-19-13-22/h4-7,9,11-13H,2-3,8,10H2,1H3. The molecule has 0 aliphatic rings. The summed E-state index contributed by atoms with van der Waals surface area (Å²) >= 11 is 1.64. The molecule has 0 fully saturated rings. The van der Waals surface area contributed by atoms with Crippen molar-refractivity contribution < 1.29 is 4.79 Å². The fourth-order valence-corrected chi connectivity index (χ4v) is 3.03. The van der Waals surface area contributed by atoms with Gasteiger partial charge in [-0.05, 0) is 40.9 Å². The van der Waals surface area contributed by atoms with Crippen molar-refractivity contribution in [1.82, 2.24) is 24.6 Å². The van der Waals surface area contributed by atoms with Crippen LogP contribution in [0.4, 0.5) is 0 Å². The van der Waals surface area contributed by atoms with E-state index in [4.69, 9.17) is 0 Å². The van der Waals surface area contributed by atoms with Gasteiger partial charge in [0.05, 0.1) is 0 Å². The quantitative estimate of drug-likeness (QED) is 0.662. The number of hydrogen-bond donors (Lipinski definition) is 0. The highest BCUT2D eigenvalue weighted by molar-refractivity contribution is 7.07. The van der Waals surface area contributed by atoms with Crippen LogP contribution in [-0.4, -0.2) is 37.1 Å². The van der Waals surface area contributed by atoms with Crippen LogP contribution in [0.25, 0.3) is 5.82 Å². The van der Waals surface area contributed by atoms with Crippen LogP contribution in [0.1, 0.15) is 35.8 Å². The van der Waals surface area contributed by atoms with Crippen molar-refractivity contribution in [1.29, 1.82) is 0 Å². The largest absolute Gasteiger partial charge is 0.333 e. The molecule has 0 aliphatic carbocycles. The van der Waals surface area contributed by atoms with Gasteiger partial charge in [0, 0.05) is 13.1 Å². The van der Waals surface area contributed by atoms with Crippen LogP contribution < -0.4 is 0 Å². The minimum Gasteiger partial charge on any atom is -0.333 e. The zero-order chi connectivity index (χ0) is 16.8. The van der Waals surface area contributed by atoms with Gasteiger partial charge in [-0.3, -0.25) is 9.36 Å². The Morgan fingerprint density at radius 2 is 2.08 bits per heavy atom. The second-order valence-electron chi connectivity index (χ2n) is 5.46. The number of nitrogens with zero attached hydrogens (tertiary/aromatic N) is 5. The molecule has 124 valence electrons. The molecule has 0 aromatic carbocycles. The molecule has 0 atom stereocenters. The first-order chi connectivity index (χ1) is 11.8. The summed E-state index contributed by atoms with van der Waals surface area (Å²) in [6.45, 7) is 3.46. The molecule has 1 amide bonds. The van der Waals surface area contributed by atoms with Crippen LogP contribution in [-0.2, 0) is 6.54 Å². The molecule has 3 aromatic heterocycles. The van der Waals surface area contributed by atoms with E-state index < -0.39 is 0 Å². The summed E-state index contributed by atoms with van der Waals surface area (Å²) in [5, 5.41) is 11.7. The summed E-state index contributed by atoms with van der Waals surface area (Å²) in [6, 6.07) is 7.47. The molecule has 3 rings (SSSR count). The second-order valence-corrected chi connectivity index (χ2v) is 6.24. The van der Waals surface area contributed by atoms with Gasteiger partial charge in [0.1, 0.15) is 24.2 Å². The lowest BCUT2D eigenvalue weighted by atomic mass is 10.2. The number of thiophene rings is 1. The molecule has 6 nitrogen and oxygen atoms in total. The van der Waals surface area contributed by atoms with E-state index in [-0.39, 0.29) is 5.91 Å². The van der Waals surface area contributed by atoms with E-state index >= 15 is 0 Å². The van der Waals surface area contributed by atoms with Crippen molar-refractivity contribution in [2.24, 2.45) is 0 Å². The van der Waals surface area contributed by atoms with Gasteiger partial charge >= 0.3 is 0 Å². The van der Waals surface area contributed by atoms with E-state index in [1.165, 1.54) is 0 Å². The van der Waals surface area contributed by atoms with E-state index in [2.05, 4.69) is 33.6 Å². The number of unbranched alkanes of at least 4 members (excludes halogenated alkanes) is 1. The average molecular weight is 341 g/mol. The number of pyridine rings is 1. The molecule has 0 saturated heterocycles. The molecule has 0 aliphatic heterocycles. The molecule has 0 saturated carbocycles. The summed E-state index contributed by atoms with van der Waals surface area (Å²) in [4.78, 5) is 19.3. The van der Waals surface area contributed by atoms with Crippen LogP contribution in [0.5, 0.6) is 0 Å². The second kappa shape index (κ2) is 7.83. The Morgan fingerprint density at radius 1 is 1.25 bits per heavy atom. The van der Waals surface area contributed by atoms with E-state index in [1.54, 1.807) is 34.6 Å². The average Bonchev–Trinajstić information content (AvgIpc) is 3.31. The van der Waals surface area contributed by atoms with Crippen LogP contribution in [0.3, 0.4) is 0 Å². The smallest absolute Gasteiger partial charge is 0.272 e. The molecular formula is C17H19N5OS. The Kier molecular flexibility index (Phi) is 5.32. The van der Waals surface area contributed by atoms with Crippen LogP contribution in [0.2, 0.25) is 0 Å². The zero-order valence-corrected chi connectivity index (χ0v) is 14.3. The summed E-state index contributed by atoms with van der Waals surface area (Å²) < 4.78 is 1.69. The molecule has 0 radical (unpaired) electrons. The van der Waals surface area contributed by atoms with Crippen molar-refractivity contribution in [3.05, 3.63) is 58.9 Å². The number of amides is 1. The normalized spacial score (nSPS) is 10.7.